The number of imidazole rings is 1. The Hall–Kier alpha value is -7.33. The van der Waals surface area contributed by atoms with Crippen LogP contribution < -0.4 is 9.30 Å². The molecular formula is C70H64N4OPt-2. The van der Waals surface area contributed by atoms with Crippen LogP contribution in [0, 0.1) is 18.5 Å². The Morgan fingerprint density at radius 3 is 1.74 bits per heavy atom. The molecule has 76 heavy (non-hydrogen) atoms. The first-order chi connectivity index (χ1) is 39.0. The number of rotatable bonds is 5. The van der Waals surface area contributed by atoms with Gasteiger partial charge in [-0.25, -0.2) is 4.98 Å². The average Bonchev–Trinajstić information content (AvgIpc) is 2.00. The van der Waals surface area contributed by atoms with Crippen molar-refractivity contribution in [1.29, 1.82) is 0 Å². The summed E-state index contributed by atoms with van der Waals surface area (Å²) in [7, 11) is 0. The topological polar surface area (TPSA) is 35.9 Å². The van der Waals surface area contributed by atoms with E-state index < -0.39 is 41.7 Å². The van der Waals surface area contributed by atoms with Gasteiger partial charge in [0.05, 0.1) is 27.7 Å². The molecule has 0 bridgehead atoms. The molecule has 0 amide bonds. The van der Waals surface area contributed by atoms with Crippen molar-refractivity contribution < 1.29 is 41.3 Å². The van der Waals surface area contributed by atoms with Crippen LogP contribution in [0.1, 0.15) is 116 Å². The van der Waals surface area contributed by atoms with E-state index in [1.807, 2.05) is 76.0 Å². The number of aromatic nitrogens is 4. The Kier molecular flexibility index (Phi) is 10.2. The van der Waals surface area contributed by atoms with Crippen molar-refractivity contribution in [2.75, 3.05) is 0 Å². The molecule has 4 heterocycles. The zero-order valence-corrected chi connectivity index (χ0v) is 47.3. The van der Waals surface area contributed by atoms with Gasteiger partial charge in [-0.2, -0.15) is 18.2 Å². The van der Waals surface area contributed by atoms with Crippen molar-refractivity contribution in [1.82, 2.24) is 14.1 Å². The molecule has 0 spiro atoms. The maximum absolute atomic E-state index is 9.89. The smallest absolute Gasteiger partial charge is 0.268 e. The fourth-order valence-corrected chi connectivity index (χ4v) is 10.4. The molecule has 0 radical (unpaired) electrons. The molecule has 0 unspecified atom stereocenters. The van der Waals surface area contributed by atoms with Gasteiger partial charge < -0.3 is 13.9 Å². The van der Waals surface area contributed by atoms with Crippen LogP contribution in [0.4, 0.5) is 0 Å². The summed E-state index contributed by atoms with van der Waals surface area (Å²) in [6, 6.07) is 42.2. The second-order valence-corrected chi connectivity index (χ2v) is 24.0. The van der Waals surface area contributed by atoms with Gasteiger partial charge >= 0.3 is 0 Å². The van der Waals surface area contributed by atoms with Gasteiger partial charge in [0.15, 0.2) is 0 Å². The molecule has 0 saturated carbocycles. The van der Waals surface area contributed by atoms with Crippen molar-refractivity contribution in [3.8, 4) is 73.2 Å². The number of fused-ring (bicyclic) bond motifs is 10. The fraction of sp³-hybridized carbons (Fsp3) is 0.229. The van der Waals surface area contributed by atoms with Crippen LogP contribution in [-0.4, -0.2) is 14.1 Å². The monoisotopic (exact) mass is 1180 g/mol. The van der Waals surface area contributed by atoms with Crippen LogP contribution in [-0.2, 0) is 42.7 Å². The van der Waals surface area contributed by atoms with Crippen LogP contribution in [0.25, 0.3) is 94.5 Å². The first kappa shape index (κ1) is 41.9. The predicted octanol–water partition coefficient (Wildman–Crippen LogP) is 17.8. The summed E-state index contributed by atoms with van der Waals surface area (Å²) in [6.07, 6.45) is 5.63. The van der Waals surface area contributed by atoms with Gasteiger partial charge in [0.2, 0.25) is 0 Å². The summed E-state index contributed by atoms with van der Waals surface area (Å²) in [4.78, 5) is 4.87. The quantitative estimate of drug-likeness (QED) is 0.127. The van der Waals surface area contributed by atoms with E-state index >= 15 is 0 Å². The maximum Gasteiger partial charge on any atom is 0.268 e. The zero-order valence-electron chi connectivity index (χ0n) is 53.1. The molecule has 382 valence electrons. The molecule has 0 aliphatic carbocycles. The van der Waals surface area contributed by atoms with Crippen LogP contribution in [0.2, 0.25) is 0 Å². The van der Waals surface area contributed by atoms with Gasteiger partial charge in [0.25, 0.3) is 6.33 Å². The van der Waals surface area contributed by atoms with Gasteiger partial charge in [-0.1, -0.05) is 198 Å². The summed E-state index contributed by atoms with van der Waals surface area (Å²) in [5, 5.41) is 2.05. The molecule has 0 fully saturated rings. The first-order valence-electron chi connectivity index (χ1n) is 29.7. The number of hydrogen-bond acceptors (Lipinski definition) is 2. The third-order valence-corrected chi connectivity index (χ3v) is 14.6. The van der Waals surface area contributed by atoms with Crippen LogP contribution >= 0.6 is 0 Å². The Morgan fingerprint density at radius 1 is 0.500 bits per heavy atom. The molecule has 1 aliphatic rings. The Morgan fingerprint density at radius 2 is 1.08 bits per heavy atom. The molecule has 0 N–H and O–H groups in total. The van der Waals surface area contributed by atoms with Crippen molar-refractivity contribution >= 4 is 32.8 Å². The summed E-state index contributed by atoms with van der Waals surface area (Å²) >= 11 is 0. The molecule has 3 aromatic heterocycles. The normalized spacial score (nSPS) is 14.1. The van der Waals surface area contributed by atoms with E-state index in [2.05, 4.69) is 161 Å². The number of ether oxygens (including phenoxy) is 1. The van der Waals surface area contributed by atoms with E-state index in [-0.39, 0.29) is 71.6 Å². The predicted molar refractivity (Wildman–Crippen MR) is 310 cm³/mol. The minimum atomic E-state index is -0.523. The SMILES string of the molecule is [2H]c1c([2H])c([2H])c2c(c1[2H])-c1cccc(-c3cc(C(C)(C)C)cc(C(C)(C)C)c3)c1-[n+]1[c-]n(-c3[c-]c(Oc4[c-]c5c(cc4)c4ccccc4n5-c4cc(C(C)(C)C)ccn4)ccc3)c3cc(C(C)(C)C)cc(c31)-c1c([2H])c([2H])c([2H])c([2H])c1-2.[Pt]. The fourth-order valence-electron chi connectivity index (χ4n) is 10.4. The molecule has 5 nitrogen and oxygen atoms in total. The second-order valence-electron chi connectivity index (χ2n) is 24.0. The summed E-state index contributed by atoms with van der Waals surface area (Å²) in [5.74, 6) is 1.62. The molecule has 8 aromatic carbocycles. The minimum Gasteiger partial charge on any atom is -0.510 e. The van der Waals surface area contributed by atoms with Gasteiger partial charge in [-0.3, -0.25) is 4.57 Å². The molecular weight excluding hydrogens is 1110 g/mol. The third-order valence-electron chi connectivity index (χ3n) is 14.6. The van der Waals surface area contributed by atoms with E-state index in [0.717, 1.165) is 61.0 Å². The average molecular weight is 1180 g/mol. The Labute approximate surface area is 474 Å². The minimum absolute atomic E-state index is 0. The Balaban J connectivity index is 0.00000736. The summed E-state index contributed by atoms with van der Waals surface area (Å²) < 4.78 is 88.8. The van der Waals surface area contributed by atoms with E-state index in [1.165, 1.54) is 0 Å². The van der Waals surface area contributed by atoms with Crippen LogP contribution in [0.3, 0.4) is 0 Å². The van der Waals surface area contributed by atoms with Gasteiger partial charge in [-0.15, -0.1) is 29.7 Å². The summed E-state index contributed by atoms with van der Waals surface area (Å²) in [5.41, 5.74) is 9.61. The zero-order chi connectivity index (χ0) is 59.3. The first-order valence-corrected chi connectivity index (χ1v) is 25.7. The van der Waals surface area contributed by atoms with Crippen molar-refractivity contribution in [3.05, 3.63) is 211 Å². The van der Waals surface area contributed by atoms with Crippen molar-refractivity contribution in [2.45, 2.75) is 105 Å². The van der Waals surface area contributed by atoms with Crippen LogP contribution in [0.5, 0.6) is 11.5 Å². The molecule has 0 atom stereocenters. The van der Waals surface area contributed by atoms with Crippen molar-refractivity contribution in [3.63, 3.8) is 0 Å². The molecule has 0 saturated heterocycles. The number of hydrogen-bond donors (Lipinski definition) is 0. The standard InChI is InChI=1S/C70H64N4O.Pt/c1-67(2,3)45-33-34-71-64(40-45)74-61-30-18-17-27-57(61)58-32-31-51(42-62(58)74)75-50-22-19-21-49(41-50)72-43-73-65-52(44-35-46(68(4,5)6)37-47(36-44)69(7,8)9)28-20-29-59(65)55-25-15-13-23-53(55)54-24-14-16-26-56(54)60-38-48(70(10,11)12)39-63(72)66(60)73;/h13-40H,1-12H3;/q-2;/i13D,14D,15D,16D,23D,24D,25D,26D;. The van der Waals surface area contributed by atoms with Gasteiger partial charge in [0.1, 0.15) is 5.82 Å². The van der Waals surface area contributed by atoms with Crippen molar-refractivity contribution in [2.24, 2.45) is 0 Å². The van der Waals surface area contributed by atoms with E-state index in [4.69, 9.17) is 12.5 Å². The largest absolute Gasteiger partial charge is 0.510 e. The van der Waals surface area contributed by atoms with E-state index in [0.29, 0.717) is 45.0 Å². The van der Waals surface area contributed by atoms with Gasteiger partial charge in [-0.05, 0) is 124 Å². The van der Waals surface area contributed by atoms with Gasteiger partial charge in [0, 0.05) is 44.3 Å². The van der Waals surface area contributed by atoms with E-state index in [1.54, 1.807) is 0 Å². The van der Waals surface area contributed by atoms with E-state index in [9.17, 15) is 8.22 Å². The number of nitrogens with zero attached hydrogens (tertiary/aromatic N) is 4. The maximum atomic E-state index is 9.89. The number of pyridine rings is 1. The number of para-hydroxylation sites is 2. The molecule has 12 rings (SSSR count). The van der Waals surface area contributed by atoms with Crippen LogP contribution in [0.15, 0.2) is 170 Å². The second kappa shape index (κ2) is 18.5. The molecule has 1 aliphatic heterocycles. The Bertz CT molecular complexity index is 4540. The molecule has 6 heteroatoms. The summed E-state index contributed by atoms with van der Waals surface area (Å²) in [6.45, 7) is 25.9. The third kappa shape index (κ3) is 8.81. The number of benzene rings is 8. The molecule has 11 aromatic rings.